The second-order valence-electron chi connectivity index (χ2n) is 7.35. The van der Waals surface area contributed by atoms with Crippen molar-refractivity contribution >= 4 is 11.8 Å². The van der Waals surface area contributed by atoms with Crippen LogP contribution in [-0.2, 0) is 14.3 Å². The molecule has 0 spiro atoms. The topological polar surface area (TPSA) is 63.6 Å². The van der Waals surface area contributed by atoms with Crippen LogP contribution in [-0.4, -0.2) is 28.6 Å². The number of carbonyl (C=O) groups is 2. The van der Waals surface area contributed by atoms with Gasteiger partial charge in [0.25, 0.3) is 0 Å². The number of ketones is 1. The van der Waals surface area contributed by atoms with Gasteiger partial charge in [-0.05, 0) is 51.0 Å². The van der Waals surface area contributed by atoms with E-state index in [0.717, 1.165) is 17.6 Å². The molecule has 0 aromatic carbocycles. The summed E-state index contributed by atoms with van der Waals surface area (Å²) >= 11 is 0. The summed E-state index contributed by atoms with van der Waals surface area (Å²) in [5, 5.41) is 11.0. The minimum Gasteiger partial charge on any atom is -0.459 e. The number of ether oxygens (including phenoxy) is 1. The van der Waals surface area contributed by atoms with Gasteiger partial charge in [0, 0.05) is 19.3 Å². The van der Waals surface area contributed by atoms with Crippen molar-refractivity contribution < 1.29 is 19.4 Å². The molecule has 4 nitrogen and oxygen atoms in total. The van der Waals surface area contributed by atoms with E-state index < -0.39 is 11.7 Å². The van der Waals surface area contributed by atoms with Crippen molar-refractivity contribution in [2.24, 2.45) is 11.3 Å². The summed E-state index contributed by atoms with van der Waals surface area (Å²) in [7, 11) is 0. The lowest BCUT2D eigenvalue weighted by atomic mass is 9.53. The smallest absolute Gasteiger partial charge is 0.303 e. The van der Waals surface area contributed by atoms with E-state index in [1.165, 1.54) is 6.92 Å². The average Bonchev–Trinajstić information content (AvgIpc) is 2.31. The van der Waals surface area contributed by atoms with Gasteiger partial charge in [-0.15, -0.1) is 0 Å². The molecule has 2 rings (SSSR count). The van der Waals surface area contributed by atoms with Crippen molar-refractivity contribution in [3.05, 3.63) is 11.1 Å². The lowest BCUT2D eigenvalue weighted by Crippen LogP contribution is -2.59. The summed E-state index contributed by atoms with van der Waals surface area (Å²) in [6.45, 7) is 9.08. The molecule has 4 heteroatoms. The van der Waals surface area contributed by atoms with Crippen molar-refractivity contribution in [3.8, 4) is 0 Å². The van der Waals surface area contributed by atoms with Gasteiger partial charge >= 0.3 is 5.97 Å². The van der Waals surface area contributed by atoms with Gasteiger partial charge in [-0.1, -0.05) is 12.5 Å². The zero-order chi connectivity index (χ0) is 16.0. The van der Waals surface area contributed by atoms with Crippen LogP contribution in [0.3, 0.4) is 0 Å². The summed E-state index contributed by atoms with van der Waals surface area (Å²) in [6, 6.07) is 0. The molecule has 4 atom stereocenters. The van der Waals surface area contributed by atoms with Crippen LogP contribution in [0.5, 0.6) is 0 Å². The van der Waals surface area contributed by atoms with Crippen LogP contribution in [0.1, 0.15) is 60.3 Å². The van der Waals surface area contributed by atoms with E-state index in [0.29, 0.717) is 19.3 Å². The molecule has 2 aliphatic carbocycles. The normalized spacial score (nSPS) is 39.7. The first-order valence-corrected chi connectivity index (χ1v) is 7.67. The fourth-order valence-corrected chi connectivity index (χ4v) is 4.17. The Bertz CT molecular complexity index is 499. The first kappa shape index (κ1) is 16.2. The summed E-state index contributed by atoms with van der Waals surface area (Å²) in [6.07, 6.45) is 1.97. The molecule has 21 heavy (non-hydrogen) atoms. The molecule has 0 aromatic heterocycles. The third-order valence-corrected chi connectivity index (χ3v) is 5.40. The van der Waals surface area contributed by atoms with E-state index in [4.69, 9.17) is 4.74 Å². The molecular formula is C17H26O4. The molecule has 0 radical (unpaired) electrons. The van der Waals surface area contributed by atoms with Crippen molar-refractivity contribution in [2.75, 3.05) is 0 Å². The van der Waals surface area contributed by atoms with Gasteiger partial charge in [-0.2, -0.15) is 0 Å². The van der Waals surface area contributed by atoms with Gasteiger partial charge in [0.2, 0.25) is 0 Å². The van der Waals surface area contributed by atoms with Gasteiger partial charge in [0.1, 0.15) is 11.7 Å². The Hall–Kier alpha value is -1.16. The minimum absolute atomic E-state index is 0.0642. The monoisotopic (exact) mass is 294 g/mol. The number of hydrogen-bond acceptors (Lipinski definition) is 4. The largest absolute Gasteiger partial charge is 0.459 e. The molecule has 0 saturated heterocycles. The fraction of sp³-hybridized carbons (Fsp3) is 0.765. The highest BCUT2D eigenvalue weighted by Crippen LogP contribution is 2.55. The summed E-state index contributed by atoms with van der Waals surface area (Å²) in [5.41, 5.74) is 0.546. The van der Waals surface area contributed by atoms with Gasteiger partial charge in [0.05, 0.1) is 0 Å². The summed E-state index contributed by atoms with van der Waals surface area (Å²) in [5.74, 6) is -0.223. The van der Waals surface area contributed by atoms with E-state index >= 15 is 0 Å². The average molecular weight is 294 g/mol. The molecule has 0 aromatic rings. The molecular weight excluding hydrogens is 268 g/mol. The van der Waals surface area contributed by atoms with Crippen LogP contribution >= 0.6 is 0 Å². The highest BCUT2D eigenvalue weighted by atomic mass is 16.6. The third kappa shape index (κ3) is 2.78. The predicted molar refractivity (Wildman–Crippen MR) is 79.6 cm³/mol. The number of allylic oxidation sites excluding steroid dienone is 2. The number of esters is 1. The van der Waals surface area contributed by atoms with E-state index in [1.807, 2.05) is 13.8 Å². The third-order valence-electron chi connectivity index (χ3n) is 5.40. The molecule has 0 amide bonds. The van der Waals surface area contributed by atoms with E-state index in [1.54, 1.807) is 6.92 Å². The van der Waals surface area contributed by atoms with E-state index in [-0.39, 0.29) is 23.1 Å². The van der Waals surface area contributed by atoms with Gasteiger partial charge in [0.15, 0.2) is 5.78 Å². The lowest BCUT2D eigenvalue weighted by Gasteiger charge is -2.55. The van der Waals surface area contributed by atoms with Crippen molar-refractivity contribution in [2.45, 2.75) is 72.0 Å². The zero-order valence-corrected chi connectivity index (χ0v) is 13.7. The zero-order valence-electron chi connectivity index (χ0n) is 13.7. The maximum atomic E-state index is 12.3. The SMILES string of the molecule is CC(=O)OC1CCC2(C)CC(=O)C(=C(C)C)CC2C1(C)O. The van der Waals surface area contributed by atoms with Gasteiger partial charge < -0.3 is 9.84 Å². The molecule has 0 aliphatic heterocycles. The molecule has 2 aliphatic rings. The van der Waals surface area contributed by atoms with Crippen molar-refractivity contribution in [1.82, 2.24) is 0 Å². The van der Waals surface area contributed by atoms with Crippen LogP contribution in [0.4, 0.5) is 0 Å². The fourth-order valence-electron chi connectivity index (χ4n) is 4.17. The minimum atomic E-state index is -1.10. The molecule has 118 valence electrons. The van der Waals surface area contributed by atoms with Crippen LogP contribution in [0, 0.1) is 11.3 Å². The highest BCUT2D eigenvalue weighted by Gasteiger charge is 2.57. The van der Waals surface area contributed by atoms with Gasteiger partial charge in [-0.3, -0.25) is 9.59 Å². The number of aliphatic hydroxyl groups is 1. The molecule has 2 saturated carbocycles. The van der Waals surface area contributed by atoms with Gasteiger partial charge in [-0.25, -0.2) is 0 Å². The van der Waals surface area contributed by atoms with Crippen LogP contribution in [0.15, 0.2) is 11.1 Å². The van der Waals surface area contributed by atoms with E-state index in [9.17, 15) is 14.7 Å². The lowest BCUT2D eigenvalue weighted by molar-refractivity contribution is -0.198. The first-order valence-electron chi connectivity index (χ1n) is 7.67. The van der Waals surface area contributed by atoms with Crippen LogP contribution in [0.25, 0.3) is 0 Å². The number of Topliss-reactive ketones (excluding diaryl/α,β-unsaturated/α-hetero) is 1. The Morgan fingerprint density at radius 3 is 2.43 bits per heavy atom. The molecule has 4 unspecified atom stereocenters. The quantitative estimate of drug-likeness (QED) is 0.596. The second-order valence-corrected chi connectivity index (χ2v) is 7.35. The Labute approximate surface area is 126 Å². The Balaban J connectivity index is 2.36. The molecule has 0 heterocycles. The Kier molecular flexibility index (Phi) is 4.04. The molecule has 2 fully saturated rings. The number of fused-ring (bicyclic) bond motifs is 1. The number of carbonyl (C=O) groups excluding carboxylic acids is 2. The van der Waals surface area contributed by atoms with Crippen LogP contribution < -0.4 is 0 Å². The number of hydrogen-bond donors (Lipinski definition) is 1. The molecule has 0 bridgehead atoms. The molecule has 1 N–H and O–H groups in total. The predicted octanol–water partition coefficient (Wildman–Crippen LogP) is 2.78. The highest BCUT2D eigenvalue weighted by molar-refractivity contribution is 5.97. The maximum Gasteiger partial charge on any atom is 0.303 e. The van der Waals surface area contributed by atoms with Crippen LogP contribution in [0.2, 0.25) is 0 Å². The Morgan fingerprint density at radius 2 is 1.90 bits per heavy atom. The summed E-state index contributed by atoms with van der Waals surface area (Å²) in [4.78, 5) is 23.6. The van der Waals surface area contributed by atoms with E-state index in [2.05, 4.69) is 6.92 Å². The number of rotatable bonds is 1. The van der Waals surface area contributed by atoms with Crippen molar-refractivity contribution in [1.29, 1.82) is 0 Å². The summed E-state index contributed by atoms with van der Waals surface area (Å²) < 4.78 is 5.33. The van der Waals surface area contributed by atoms with Crippen molar-refractivity contribution in [3.63, 3.8) is 0 Å². The Morgan fingerprint density at radius 1 is 1.29 bits per heavy atom. The maximum absolute atomic E-state index is 12.3. The standard InChI is InChI=1S/C17H26O4/c1-10(2)12-8-14-16(4,9-13(12)19)7-6-15(17(14,5)20)21-11(3)18/h14-15,20H,6-9H2,1-5H3. The first-order chi connectivity index (χ1) is 9.58. The second kappa shape index (κ2) is 5.24.